The molecule has 3 rings (SSSR count). The van der Waals surface area contributed by atoms with Gasteiger partial charge in [-0.25, -0.2) is 12.8 Å². The average Bonchev–Trinajstić information content (AvgIpc) is 2.81. The van der Waals surface area contributed by atoms with E-state index in [1.165, 1.54) is 0 Å². The Labute approximate surface area is 201 Å². The van der Waals surface area contributed by atoms with Gasteiger partial charge in [-0.2, -0.15) is 4.31 Å². The minimum atomic E-state index is -4.90. The summed E-state index contributed by atoms with van der Waals surface area (Å²) in [6.45, 7) is 2.41. The summed E-state index contributed by atoms with van der Waals surface area (Å²) in [6.07, 6.45) is -5.61. The number of nitrogens with one attached hydrogen (secondary N) is 1. The van der Waals surface area contributed by atoms with Gasteiger partial charge >= 0.3 is 6.36 Å². The van der Waals surface area contributed by atoms with Crippen LogP contribution in [-0.4, -0.2) is 62.6 Å². The Balaban J connectivity index is 1.73. The highest BCUT2D eigenvalue weighted by atomic mass is 32.2. The third-order valence-corrected chi connectivity index (χ3v) is 7.59. The first-order chi connectivity index (χ1) is 16.4. The SMILES string of the molecule is CCC(F)c1ccc(CNC(=O)[C@H]2CN(C)CCN2S(=O)(=O)c2ccc(OC(F)(F)F)cc2)cc1. The summed E-state index contributed by atoms with van der Waals surface area (Å²) >= 11 is 0. The number of benzene rings is 2. The number of nitrogens with zero attached hydrogens (tertiary/aromatic N) is 2. The van der Waals surface area contributed by atoms with Gasteiger partial charge in [-0.1, -0.05) is 31.2 Å². The Kier molecular flexibility index (Phi) is 8.39. The largest absolute Gasteiger partial charge is 0.573 e. The lowest BCUT2D eigenvalue weighted by molar-refractivity contribution is -0.274. The topological polar surface area (TPSA) is 79.0 Å². The molecule has 1 unspecified atom stereocenters. The van der Waals surface area contributed by atoms with Crippen LogP contribution in [-0.2, 0) is 21.4 Å². The number of rotatable bonds is 8. The number of ether oxygens (including phenoxy) is 1. The lowest BCUT2D eigenvalue weighted by Gasteiger charge is -2.38. The second-order valence-electron chi connectivity index (χ2n) is 8.25. The molecule has 0 aromatic heterocycles. The van der Waals surface area contributed by atoms with Gasteiger partial charge in [-0.15, -0.1) is 13.2 Å². The molecule has 1 fully saturated rings. The van der Waals surface area contributed by atoms with Crippen molar-refractivity contribution in [2.24, 2.45) is 0 Å². The lowest BCUT2D eigenvalue weighted by atomic mass is 10.1. The average molecular weight is 518 g/mol. The van der Waals surface area contributed by atoms with E-state index in [9.17, 15) is 30.8 Å². The van der Waals surface area contributed by atoms with Crippen LogP contribution in [0.4, 0.5) is 17.6 Å². The van der Waals surface area contributed by atoms with Gasteiger partial charge < -0.3 is 15.0 Å². The third kappa shape index (κ3) is 6.92. The normalized spacial score (nSPS) is 18.7. The fourth-order valence-corrected chi connectivity index (χ4v) is 5.31. The summed E-state index contributed by atoms with van der Waals surface area (Å²) < 4.78 is 82.3. The zero-order chi connectivity index (χ0) is 25.8. The molecule has 2 atom stereocenters. The Hall–Kier alpha value is -2.70. The molecule has 0 aliphatic carbocycles. The van der Waals surface area contributed by atoms with Gasteiger partial charge in [0.15, 0.2) is 0 Å². The molecule has 1 aliphatic heterocycles. The molecule has 2 aromatic carbocycles. The van der Waals surface area contributed by atoms with Gasteiger partial charge in [-0.05, 0) is 48.9 Å². The van der Waals surface area contributed by atoms with E-state index in [-0.39, 0.29) is 24.5 Å². The monoisotopic (exact) mass is 517 g/mol. The van der Waals surface area contributed by atoms with Crippen LogP contribution in [0.5, 0.6) is 5.75 Å². The molecule has 1 amide bonds. The molecule has 192 valence electrons. The van der Waals surface area contributed by atoms with Gasteiger partial charge in [0.25, 0.3) is 0 Å². The van der Waals surface area contributed by atoms with E-state index in [4.69, 9.17) is 0 Å². The maximum atomic E-state index is 13.8. The smallest absolute Gasteiger partial charge is 0.406 e. The van der Waals surface area contributed by atoms with Crippen molar-refractivity contribution >= 4 is 15.9 Å². The number of carbonyl (C=O) groups is 1. The van der Waals surface area contributed by atoms with E-state index in [0.717, 1.165) is 34.1 Å². The van der Waals surface area contributed by atoms with Crippen LogP contribution in [0, 0.1) is 0 Å². The zero-order valence-corrected chi connectivity index (χ0v) is 20.1. The van der Waals surface area contributed by atoms with E-state index >= 15 is 0 Å². The van der Waals surface area contributed by atoms with Gasteiger partial charge in [-0.3, -0.25) is 4.79 Å². The maximum absolute atomic E-state index is 13.8. The van der Waals surface area contributed by atoms with E-state index in [1.807, 2.05) is 4.90 Å². The van der Waals surface area contributed by atoms with E-state index < -0.39 is 40.3 Å². The molecule has 1 aliphatic rings. The Bertz CT molecular complexity index is 1110. The fourth-order valence-electron chi connectivity index (χ4n) is 3.74. The van der Waals surface area contributed by atoms with E-state index in [1.54, 1.807) is 38.2 Å². The van der Waals surface area contributed by atoms with Gasteiger partial charge in [0, 0.05) is 26.2 Å². The second-order valence-corrected chi connectivity index (χ2v) is 10.1. The van der Waals surface area contributed by atoms with Crippen LogP contribution in [0.15, 0.2) is 53.4 Å². The Morgan fingerprint density at radius 3 is 2.31 bits per heavy atom. The van der Waals surface area contributed by atoms with Gasteiger partial charge in [0.1, 0.15) is 18.0 Å². The number of hydrogen-bond acceptors (Lipinski definition) is 5. The molecule has 7 nitrogen and oxygen atoms in total. The number of hydrogen-bond donors (Lipinski definition) is 1. The highest BCUT2D eigenvalue weighted by molar-refractivity contribution is 7.89. The maximum Gasteiger partial charge on any atom is 0.573 e. The zero-order valence-electron chi connectivity index (χ0n) is 19.3. The quantitative estimate of drug-likeness (QED) is 0.542. The molecule has 1 heterocycles. The molecule has 35 heavy (non-hydrogen) atoms. The minimum Gasteiger partial charge on any atom is -0.406 e. The first-order valence-electron chi connectivity index (χ1n) is 11.0. The van der Waals surface area contributed by atoms with Crippen LogP contribution in [0.25, 0.3) is 0 Å². The predicted octanol–water partition coefficient (Wildman–Crippen LogP) is 3.63. The first-order valence-corrected chi connectivity index (χ1v) is 12.4. The third-order valence-electron chi connectivity index (χ3n) is 5.67. The number of halogens is 4. The standard InChI is InChI=1S/C23H27F4N3O4S/c1-3-20(24)17-6-4-16(5-7-17)14-28-22(31)21-15-29(2)12-13-30(21)35(32,33)19-10-8-18(9-11-19)34-23(25,26)27/h4-11,20-21H,3,12-15H2,1-2H3,(H,28,31)/t20?,21-/m1/s1. The summed E-state index contributed by atoms with van der Waals surface area (Å²) in [6, 6.07) is 9.50. The minimum absolute atomic E-state index is 0.0291. The van der Waals surface area contributed by atoms with Crippen LogP contribution < -0.4 is 10.1 Å². The first kappa shape index (κ1) is 26.9. The molecule has 0 bridgehead atoms. The number of piperazine rings is 1. The van der Waals surface area contributed by atoms with Crippen LogP contribution in [0.1, 0.15) is 30.6 Å². The highest BCUT2D eigenvalue weighted by Gasteiger charge is 2.39. The molecule has 1 saturated heterocycles. The number of likely N-dealkylation sites (N-methyl/N-ethyl adjacent to an activating group) is 1. The Morgan fingerprint density at radius 2 is 1.74 bits per heavy atom. The number of amides is 1. The molecular weight excluding hydrogens is 490 g/mol. The van der Waals surface area contributed by atoms with Crippen molar-refractivity contribution in [3.8, 4) is 5.75 Å². The van der Waals surface area contributed by atoms with E-state index in [0.29, 0.717) is 18.5 Å². The highest BCUT2D eigenvalue weighted by Crippen LogP contribution is 2.27. The van der Waals surface area contributed by atoms with Crippen molar-refractivity contribution in [2.75, 3.05) is 26.7 Å². The summed E-state index contributed by atoms with van der Waals surface area (Å²) in [5.74, 6) is -1.06. The fraction of sp³-hybridized carbons (Fsp3) is 0.435. The molecule has 1 N–H and O–H groups in total. The number of sulfonamides is 1. The molecule has 0 saturated carbocycles. The van der Waals surface area contributed by atoms with Crippen molar-refractivity contribution in [2.45, 2.75) is 43.4 Å². The summed E-state index contributed by atoms with van der Waals surface area (Å²) in [5, 5.41) is 2.73. The van der Waals surface area contributed by atoms with Crippen LogP contribution >= 0.6 is 0 Å². The van der Waals surface area contributed by atoms with Crippen LogP contribution in [0.2, 0.25) is 0 Å². The van der Waals surface area contributed by atoms with Crippen molar-refractivity contribution in [1.29, 1.82) is 0 Å². The number of carbonyl (C=O) groups excluding carboxylic acids is 1. The molecule has 2 aromatic rings. The lowest BCUT2D eigenvalue weighted by Crippen LogP contribution is -2.59. The Morgan fingerprint density at radius 1 is 1.11 bits per heavy atom. The van der Waals surface area contributed by atoms with Crippen molar-refractivity contribution in [3.05, 3.63) is 59.7 Å². The van der Waals surface area contributed by atoms with Crippen LogP contribution in [0.3, 0.4) is 0 Å². The molecular formula is C23H27F4N3O4S. The molecule has 0 radical (unpaired) electrons. The molecule has 12 heteroatoms. The summed E-state index contributed by atoms with van der Waals surface area (Å²) in [5.41, 5.74) is 1.27. The summed E-state index contributed by atoms with van der Waals surface area (Å²) in [7, 11) is -2.42. The van der Waals surface area contributed by atoms with E-state index in [2.05, 4.69) is 10.1 Å². The second kappa shape index (κ2) is 10.9. The summed E-state index contributed by atoms with van der Waals surface area (Å²) in [4.78, 5) is 14.6. The van der Waals surface area contributed by atoms with Crippen molar-refractivity contribution in [3.63, 3.8) is 0 Å². The predicted molar refractivity (Wildman–Crippen MR) is 121 cm³/mol. The van der Waals surface area contributed by atoms with Crippen molar-refractivity contribution < 1.29 is 35.5 Å². The molecule has 0 spiro atoms. The van der Waals surface area contributed by atoms with Gasteiger partial charge in [0.2, 0.25) is 15.9 Å². The van der Waals surface area contributed by atoms with Crippen molar-refractivity contribution in [1.82, 2.24) is 14.5 Å². The van der Waals surface area contributed by atoms with Gasteiger partial charge in [0.05, 0.1) is 4.90 Å². The number of alkyl halides is 4.